The average Bonchev–Trinajstić information content (AvgIpc) is 3.43. The minimum absolute atomic E-state index is 0.113. The van der Waals surface area contributed by atoms with E-state index in [1.165, 1.54) is 17.4 Å². The molecule has 2 heterocycles. The Morgan fingerprint density at radius 3 is 2.83 bits per heavy atom. The molecule has 30 heavy (non-hydrogen) atoms. The van der Waals surface area contributed by atoms with Crippen molar-refractivity contribution in [3.05, 3.63) is 89.2 Å². The first-order chi connectivity index (χ1) is 14.7. The molecule has 2 N–H and O–H groups in total. The van der Waals surface area contributed by atoms with Crippen molar-refractivity contribution in [3.63, 3.8) is 0 Å². The van der Waals surface area contributed by atoms with Gasteiger partial charge in [0, 0.05) is 10.9 Å². The molecule has 0 unspecified atom stereocenters. The molecule has 2 aromatic heterocycles. The first-order valence-corrected chi connectivity index (χ1v) is 9.90. The molecule has 0 aliphatic heterocycles. The molecule has 0 spiro atoms. The molecule has 0 bridgehead atoms. The Bertz CT molecular complexity index is 1170. The zero-order chi connectivity index (χ0) is 20.8. The molecule has 0 radical (unpaired) electrons. The number of furan rings is 1. The van der Waals surface area contributed by atoms with Crippen molar-refractivity contribution in [1.29, 1.82) is 0 Å². The quantitative estimate of drug-likeness (QED) is 0.304. The Balaban J connectivity index is 1.34. The molecular formula is C22H17N3O4S. The minimum atomic E-state index is -1.11. The second-order valence-electron chi connectivity index (χ2n) is 6.21. The molecule has 7 nitrogen and oxygen atoms in total. The monoisotopic (exact) mass is 419 g/mol. The molecular weight excluding hydrogens is 402 g/mol. The summed E-state index contributed by atoms with van der Waals surface area (Å²) in [5.74, 6) is -0.166. The van der Waals surface area contributed by atoms with Gasteiger partial charge in [0.05, 0.1) is 11.9 Å². The van der Waals surface area contributed by atoms with Crippen molar-refractivity contribution >= 4 is 28.7 Å². The van der Waals surface area contributed by atoms with Gasteiger partial charge in [-0.3, -0.25) is 5.43 Å². The molecule has 0 saturated heterocycles. The van der Waals surface area contributed by atoms with Crippen molar-refractivity contribution in [2.45, 2.75) is 6.61 Å². The number of hydrazone groups is 1. The number of hydrogen-bond donors (Lipinski definition) is 2. The van der Waals surface area contributed by atoms with E-state index in [2.05, 4.69) is 15.5 Å². The van der Waals surface area contributed by atoms with Gasteiger partial charge in [-0.05, 0) is 29.8 Å². The van der Waals surface area contributed by atoms with E-state index >= 15 is 0 Å². The Morgan fingerprint density at radius 2 is 2.03 bits per heavy atom. The summed E-state index contributed by atoms with van der Waals surface area (Å²) < 4.78 is 10.8. The number of aromatic carboxylic acids is 1. The lowest BCUT2D eigenvalue weighted by Gasteiger charge is -2.04. The molecule has 0 aliphatic rings. The number of ether oxygens (including phenoxy) is 1. The van der Waals surface area contributed by atoms with Crippen LogP contribution in [0.2, 0.25) is 0 Å². The van der Waals surface area contributed by atoms with Crippen molar-refractivity contribution in [2.24, 2.45) is 5.10 Å². The highest BCUT2D eigenvalue weighted by atomic mass is 32.1. The number of nitrogens with zero attached hydrogens (tertiary/aromatic N) is 2. The summed E-state index contributed by atoms with van der Waals surface area (Å²) in [6, 6.07) is 20.3. The van der Waals surface area contributed by atoms with E-state index in [1.54, 1.807) is 18.3 Å². The predicted molar refractivity (Wildman–Crippen MR) is 115 cm³/mol. The SMILES string of the molecule is O=C(O)c1ccc(COc2cccc(C=NNc3nc(-c4ccccc4)cs3)c2)o1. The highest BCUT2D eigenvalue weighted by Gasteiger charge is 2.09. The summed E-state index contributed by atoms with van der Waals surface area (Å²) in [5, 5.41) is 15.8. The first kappa shape index (κ1) is 19.4. The topological polar surface area (TPSA) is 97.0 Å². The standard InChI is InChI=1S/C22H17N3O4S/c26-21(27)20-10-9-18(29-20)13-28-17-8-4-5-15(11-17)12-23-25-22-24-19(14-30-22)16-6-2-1-3-7-16/h1-12,14H,13H2,(H,24,25)(H,26,27). The maximum atomic E-state index is 10.9. The van der Waals surface area contributed by atoms with Gasteiger partial charge >= 0.3 is 5.97 Å². The zero-order valence-corrected chi connectivity index (χ0v) is 16.5. The summed E-state index contributed by atoms with van der Waals surface area (Å²) in [4.78, 5) is 15.4. The number of carboxylic acids is 1. The van der Waals surface area contributed by atoms with Crippen LogP contribution in [-0.2, 0) is 6.61 Å². The van der Waals surface area contributed by atoms with E-state index in [1.807, 2.05) is 53.9 Å². The third kappa shape index (κ3) is 4.92. The maximum Gasteiger partial charge on any atom is 0.371 e. The average molecular weight is 419 g/mol. The minimum Gasteiger partial charge on any atom is -0.486 e. The van der Waals surface area contributed by atoms with Crippen LogP contribution in [0.5, 0.6) is 5.75 Å². The van der Waals surface area contributed by atoms with Crippen LogP contribution in [0.4, 0.5) is 5.13 Å². The molecule has 0 atom stereocenters. The number of benzene rings is 2. The van der Waals surface area contributed by atoms with Crippen molar-refractivity contribution in [1.82, 2.24) is 4.98 Å². The lowest BCUT2D eigenvalue weighted by Crippen LogP contribution is -1.96. The van der Waals surface area contributed by atoms with Crippen LogP contribution < -0.4 is 10.2 Å². The second kappa shape index (κ2) is 9.06. The molecule has 0 amide bonds. The second-order valence-corrected chi connectivity index (χ2v) is 7.06. The van der Waals surface area contributed by atoms with Crippen LogP contribution in [0, 0.1) is 0 Å². The summed E-state index contributed by atoms with van der Waals surface area (Å²) in [6.07, 6.45) is 1.67. The predicted octanol–water partition coefficient (Wildman–Crippen LogP) is 5.13. The fourth-order valence-corrected chi connectivity index (χ4v) is 3.31. The van der Waals surface area contributed by atoms with E-state index in [0.29, 0.717) is 16.6 Å². The molecule has 8 heteroatoms. The number of thiazole rings is 1. The molecule has 150 valence electrons. The van der Waals surface area contributed by atoms with Gasteiger partial charge < -0.3 is 14.3 Å². The highest BCUT2D eigenvalue weighted by molar-refractivity contribution is 7.14. The Kier molecular flexibility index (Phi) is 5.86. The Hall–Kier alpha value is -3.91. The molecule has 0 fully saturated rings. The van der Waals surface area contributed by atoms with Gasteiger partial charge in [0.1, 0.15) is 18.1 Å². The third-order valence-electron chi connectivity index (χ3n) is 4.06. The first-order valence-electron chi connectivity index (χ1n) is 9.02. The number of carboxylic acid groups (broad SMARTS) is 1. The van der Waals surface area contributed by atoms with Gasteiger partial charge in [-0.1, -0.05) is 42.5 Å². The van der Waals surface area contributed by atoms with Crippen LogP contribution in [0.1, 0.15) is 21.9 Å². The summed E-state index contributed by atoms with van der Waals surface area (Å²) in [6.45, 7) is 0.132. The lowest BCUT2D eigenvalue weighted by molar-refractivity contribution is 0.0658. The number of nitrogens with one attached hydrogen (secondary N) is 1. The van der Waals surface area contributed by atoms with Gasteiger partial charge in [0.25, 0.3) is 0 Å². The Labute approximate surface area is 176 Å². The fourth-order valence-electron chi connectivity index (χ4n) is 2.64. The number of hydrogen-bond acceptors (Lipinski definition) is 7. The van der Waals surface area contributed by atoms with Crippen LogP contribution in [0.25, 0.3) is 11.3 Å². The van der Waals surface area contributed by atoms with Crippen molar-refractivity contribution < 1.29 is 19.1 Å². The molecule has 0 aliphatic carbocycles. The molecule has 4 rings (SSSR count). The lowest BCUT2D eigenvalue weighted by atomic mass is 10.2. The smallest absolute Gasteiger partial charge is 0.371 e. The van der Waals surface area contributed by atoms with Gasteiger partial charge in [0.2, 0.25) is 10.9 Å². The number of aromatic nitrogens is 1. The van der Waals surface area contributed by atoms with E-state index in [-0.39, 0.29) is 12.4 Å². The van der Waals surface area contributed by atoms with Gasteiger partial charge in [0.15, 0.2) is 0 Å². The van der Waals surface area contributed by atoms with Crippen LogP contribution in [0.15, 0.2) is 81.6 Å². The Morgan fingerprint density at radius 1 is 1.17 bits per heavy atom. The summed E-state index contributed by atoms with van der Waals surface area (Å²) >= 11 is 1.48. The fraction of sp³-hybridized carbons (Fsp3) is 0.0455. The van der Waals surface area contributed by atoms with Crippen LogP contribution in [-0.4, -0.2) is 22.3 Å². The van der Waals surface area contributed by atoms with Crippen molar-refractivity contribution in [2.75, 3.05) is 5.43 Å². The molecule has 2 aromatic carbocycles. The number of carbonyl (C=O) groups is 1. The van der Waals surface area contributed by atoms with Gasteiger partial charge in [-0.25, -0.2) is 9.78 Å². The largest absolute Gasteiger partial charge is 0.486 e. The normalized spacial score (nSPS) is 10.9. The van der Waals surface area contributed by atoms with Crippen molar-refractivity contribution in [3.8, 4) is 17.0 Å². The number of anilines is 1. The van der Waals surface area contributed by atoms with Gasteiger partial charge in [-0.2, -0.15) is 5.10 Å². The molecule has 4 aromatic rings. The van der Waals surface area contributed by atoms with Crippen LogP contribution >= 0.6 is 11.3 Å². The van der Waals surface area contributed by atoms with Crippen LogP contribution in [0.3, 0.4) is 0 Å². The highest BCUT2D eigenvalue weighted by Crippen LogP contribution is 2.24. The summed E-state index contributed by atoms with van der Waals surface area (Å²) in [7, 11) is 0. The maximum absolute atomic E-state index is 10.9. The zero-order valence-electron chi connectivity index (χ0n) is 15.7. The third-order valence-corrected chi connectivity index (χ3v) is 4.81. The number of rotatable bonds is 8. The summed E-state index contributed by atoms with van der Waals surface area (Å²) in [5.41, 5.74) is 5.74. The van der Waals surface area contributed by atoms with E-state index in [9.17, 15) is 4.79 Å². The van der Waals surface area contributed by atoms with E-state index < -0.39 is 5.97 Å². The van der Waals surface area contributed by atoms with E-state index in [4.69, 9.17) is 14.3 Å². The van der Waals surface area contributed by atoms with Gasteiger partial charge in [-0.15, -0.1) is 11.3 Å². The molecule has 0 saturated carbocycles. The van der Waals surface area contributed by atoms with E-state index in [0.717, 1.165) is 16.8 Å².